The molecule has 0 saturated heterocycles. The Kier molecular flexibility index (Phi) is 9.60. The van der Waals surface area contributed by atoms with Crippen LogP contribution in [0.4, 0.5) is 22.0 Å². The van der Waals surface area contributed by atoms with Gasteiger partial charge >= 0.3 is 18.1 Å². The van der Waals surface area contributed by atoms with Gasteiger partial charge in [-0.2, -0.15) is 22.0 Å². The number of rotatable bonds is 12. The van der Waals surface area contributed by atoms with E-state index in [1.54, 1.807) is 0 Å². The first-order valence-corrected chi connectivity index (χ1v) is 7.79. The normalized spacial score (nSPS) is 14.1. The third-order valence-electron chi connectivity index (χ3n) is 3.73. The zero-order valence-corrected chi connectivity index (χ0v) is 12.9. The van der Waals surface area contributed by atoms with Crippen LogP contribution in [0.5, 0.6) is 0 Å². The van der Waals surface area contributed by atoms with Crippen molar-refractivity contribution in [3.8, 4) is 0 Å². The molecule has 0 aliphatic carbocycles. The first-order valence-electron chi connectivity index (χ1n) is 7.79. The first-order chi connectivity index (χ1) is 10.1. The molecule has 22 heavy (non-hydrogen) atoms. The average Bonchev–Trinajstić information content (AvgIpc) is 2.39. The van der Waals surface area contributed by atoms with Crippen molar-refractivity contribution in [1.82, 2.24) is 0 Å². The van der Waals surface area contributed by atoms with Crippen LogP contribution >= 0.6 is 0 Å². The van der Waals surface area contributed by atoms with Gasteiger partial charge in [-0.05, 0) is 12.8 Å². The van der Waals surface area contributed by atoms with Gasteiger partial charge < -0.3 is 5.11 Å². The molecule has 0 amide bonds. The Morgan fingerprint density at radius 3 is 1.86 bits per heavy atom. The van der Waals surface area contributed by atoms with Crippen LogP contribution in [0.15, 0.2) is 0 Å². The van der Waals surface area contributed by atoms with Gasteiger partial charge in [0, 0.05) is 6.42 Å². The lowest BCUT2D eigenvalue weighted by atomic mass is 9.94. The van der Waals surface area contributed by atoms with Crippen molar-refractivity contribution in [1.29, 1.82) is 0 Å². The van der Waals surface area contributed by atoms with Gasteiger partial charge in [0.1, 0.15) is 0 Å². The molecule has 0 heterocycles. The lowest BCUT2D eigenvalue weighted by Gasteiger charge is -2.21. The number of hydrogen-bond acceptors (Lipinski definition) is 1. The summed E-state index contributed by atoms with van der Waals surface area (Å²) in [5, 5.41) is 8.92. The molecule has 1 unspecified atom stereocenters. The molecule has 0 bridgehead atoms. The first kappa shape index (κ1) is 21.1. The van der Waals surface area contributed by atoms with Crippen molar-refractivity contribution in [2.45, 2.75) is 83.2 Å². The Balaban J connectivity index is 4.05. The summed E-state index contributed by atoms with van der Waals surface area (Å²) in [7, 11) is 0. The topological polar surface area (TPSA) is 37.3 Å². The van der Waals surface area contributed by atoms with E-state index in [-0.39, 0.29) is 6.42 Å². The lowest BCUT2D eigenvalue weighted by molar-refractivity contribution is -0.285. The van der Waals surface area contributed by atoms with Crippen molar-refractivity contribution >= 4 is 5.97 Å². The number of carboxylic acids is 1. The van der Waals surface area contributed by atoms with E-state index < -0.39 is 36.8 Å². The maximum Gasteiger partial charge on any atom is 0.453 e. The van der Waals surface area contributed by atoms with Crippen molar-refractivity contribution < 1.29 is 31.9 Å². The van der Waals surface area contributed by atoms with Crippen molar-refractivity contribution in [2.75, 3.05) is 0 Å². The molecule has 0 saturated carbocycles. The molecule has 0 aromatic carbocycles. The molecule has 1 N–H and O–H groups in total. The standard InChI is InChI=1S/C15H25F5O2/c1-2-3-4-5-6-7-8-9-12(13(21)22)10-11-14(16,17)15(18,19)20/h12H,2-11H2,1H3,(H,21,22). The molecule has 0 fully saturated rings. The van der Waals surface area contributed by atoms with Crippen molar-refractivity contribution in [2.24, 2.45) is 5.92 Å². The Hall–Kier alpha value is -0.880. The SMILES string of the molecule is CCCCCCCCCC(CCC(F)(F)C(F)(F)F)C(=O)O. The van der Waals surface area contributed by atoms with E-state index in [1.807, 2.05) is 0 Å². The van der Waals surface area contributed by atoms with E-state index >= 15 is 0 Å². The highest BCUT2D eigenvalue weighted by molar-refractivity contribution is 5.69. The summed E-state index contributed by atoms with van der Waals surface area (Å²) in [4.78, 5) is 10.9. The third kappa shape index (κ3) is 8.54. The molecule has 0 rings (SSSR count). The number of aliphatic carboxylic acids is 1. The van der Waals surface area contributed by atoms with Gasteiger partial charge in [-0.25, -0.2) is 0 Å². The quantitative estimate of drug-likeness (QED) is 0.362. The Labute approximate surface area is 128 Å². The van der Waals surface area contributed by atoms with Crippen molar-refractivity contribution in [3.05, 3.63) is 0 Å². The summed E-state index contributed by atoms with van der Waals surface area (Å²) >= 11 is 0. The molecule has 0 spiro atoms. The summed E-state index contributed by atoms with van der Waals surface area (Å²) in [5.41, 5.74) is 0. The van der Waals surface area contributed by atoms with Crippen LogP contribution in [0.25, 0.3) is 0 Å². The highest BCUT2D eigenvalue weighted by Gasteiger charge is 2.56. The van der Waals surface area contributed by atoms with E-state index in [0.29, 0.717) is 6.42 Å². The maximum atomic E-state index is 12.8. The van der Waals surface area contributed by atoms with Gasteiger partial charge in [0.15, 0.2) is 0 Å². The van der Waals surface area contributed by atoms with Crippen LogP contribution in [0.3, 0.4) is 0 Å². The number of hydrogen-bond donors (Lipinski definition) is 1. The number of carboxylic acid groups (broad SMARTS) is 1. The lowest BCUT2D eigenvalue weighted by Crippen LogP contribution is -2.37. The van der Waals surface area contributed by atoms with Gasteiger partial charge in [-0.15, -0.1) is 0 Å². The second-order valence-electron chi connectivity index (χ2n) is 5.69. The number of carbonyl (C=O) groups is 1. The molecule has 0 aromatic heterocycles. The van der Waals surface area contributed by atoms with Crippen LogP contribution < -0.4 is 0 Å². The number of halogens is 5. The molecule has 0 radical (unpaired) electrons. The van der Waals surface area contributed by atoms with E-state index in [0.717, 1.165) is 38.5 Å². The summed E-state index contributed by atoms with van der Waals surface area (Å²) in [6.07, 6.45) is -0.921. The molecule has 132 valence electrons. The minimum absolute atomic E-state index is 0.150. The van der Waals surface area contributed by atoms with Gasteiger partial charge in [0.05, 0.1) is 5.92 Å². The van der Waals surface area contributed by atoms with Gasteiger partial charge in [0.25, 0.3) is 0 Å². The van der Waals surface area contributed by atoms with E-state index in [1.165, 1.54) is 0 Å². The summed E-state index contributed by atoms with van der Waals surface area (Å²) in [5.74, 6) is -7.26. The fourth-order valence-electron chi connectivity index (χ4n) is 2.24. The molecule has 1 atom stereocenters. The van der Waals surface area contributed by atoms with E-state index in [4.69, 9.17) is 5.11 Å². The van der Waals surface area contributed by atoms with Gasteiger partial charge in [-0.1, -0.05) is 51.9 Å². The summed E-state index contributed by atoms with van der Waals surface area (Å²) < 4.78 is 61.7. The molecular weight excluding hydrogens is 307 g/mol. The minimum Gasteiger partial charge on any atom is -0.481 e. The monoisotopic (exact) mass is 332 g/mol. The molecule has 2 nitrogen and oxygen atoms in total. The zero-order chi connectivity index (χ0) is 17.2. The highest BCUT2D eigenvalue weighted by Crippen LogP contribution is 2.40. The molecule has 0 aromatic rings. The fraction of sp³-hybridized carbons (Fsp3) is 0.933. The number of alkyl halides is 5. The second-order valence-corrected chi connectivity index (χ2v) is 5.69. The molecule has 0 aliphatic heterocycles. The molecule has 0 aliphatic rings. The predicted molar refractivity (Wildman–Crippen MR) is 74.0 cm³/mol. The van der Waals surface area contributed by atoms with E-state index in [9.17, 15) is 26.7 Å². The van der Waals surface area contributed by atoms with Crippen LogP contribution in [0, 0.1) is 5.92 Å². The summed E-state index contributed by atoms with van der Waals surface area (Å²) in [6.45, 7) is 2.09. The average molecular weight is 332 g/mol. The Morgan fingerprint density at radius 2 is 1.41 bits per heavy atom. The van der Waals surface area contributed by atoms with Crippen LogP contribution in [-0.4, -0.2) is 23.2 Å². The highest BCUT2D eigenvalue weighted by atomic mass is 19.4. The predicted octanol–water partition coefficient (Wildman–Crippen LogP) is 5.81. The second kappa shape index (κ2) is 10.0. The van der Waals surface area contributed by atoms with Crippen LogP contribution in [-0.2, 0) is 4.79 Å². The smallest absolute Gasteiger partial charge is 0.453 e. The van der Waals surface area contributed by atoms with E-state index in [2.05, 4.69) is 6.92 Å². The molecule has 7 heteroatoms. The van der Waals surface area contributed by atoms with Crippen LogP contribution in [0.2, 0.25) is 0 Å². The zero-order valence-electron chi connectivity index (χ0n) is 12.9. The summed E-state index contributed by atoms with van der Waals surface area (Å²) in [6, 6.07) is 0. The Bertz CT molecular complexity index is 316. The fourth-order valence-corrected chi connectivity index (χ4v) is 2.24. The third-order valence-corrected chi connectivity index (χ3v) is 3.73. The maximum absolute atomic E-state index is 12.8. The van der Waals surface area contributed by atoms with Gasteiger partial charge in [0.2, 0.25) is 0 Å². The van der Waals surface area contributed by atoms with Gasteiger partial charge in [-0.3, -0.25) is 4.79 Å². The van der Waals surface area contributed by atoms with Crippen LogP contribution in [0.1, 0.15) is 71.1 Å². The molecular formula is C15H25F5O2. The largest absolute Gasteiger partial charge is 0.481 e. The number of unbranched alkanes of at least 4 members (excludes halogenated alkanes) is 6. The Morgan fingerprint density at radius 1 is 0.909 bits per heavy atom. The minimum atomic E-state index is -5.62. The van der Waals surface area contributed by atoms with Crippen molar-refractivity contribution in [3.63, 3.8) is 0 Å².